The topological polar surface area (TPSA) is 54.9 Å². The molecule has 0 saturated carbocycles. The molecule has 1 amide bonds. The highest BCUT2D eigenvalue weighted by atomic mass is 79.9. The number of halogens is 1. The normalized spacial score (nSPS) is 10.5. The van der Waals surface area contributed by atoms with Gasteiger partial charge in [-0.2, -0.15) is 0 Å². The number of nitrogens with zero attached hydrogens (tertiary/aromatic N) is 2. The first kappa shape index (κ1) is 17.6. The quantitative estimate of drug-likeness (QED) is 0.601. The standard InChI is InChI=1S/C19H16BrN3OS/c1-13-2-4-14(5-3-13)17-10-11-19(23-22-17)25-12-18(24)21-16-8-6-15(20)7-9-16/h2-11H,12H2,1H3,(H,21,24). The number of hydrogen-bond donors (Lipinski definition) is 1. The molecule has 1 heterocycles. The van der Waals surface area contributed by atoms with Crippen LogP contribution in [0.25, 0.3) is 11.3 Å². The SMILES string of the molecule is Cc1ccc(-c2ccc(SCC(=O)Nc3ccc(Br)cc3)nn2)cc1. The zero-order valence-electron chi connectivity index (χ0n) is 13.6. The third-order valence-electron chi connectivity index (χ3n) is 3.47. The van der Waals surface area contributed by atoms with Gasteiger partial charge in [-0.05, 0) is 43.3 Å². The Morgan fingerprint density at radius 3 is 2.36 bits per heavy atom. The number of nitrogens with one attached hydrogen (secondary N) is 1. The summed E-state index contributed by atoms with van der Waals surface area (Å²) in [6, 6.07) is 19.4. The highest BCUT2D eigenvalue weighted by molar-refractivity contribution is 9.10. The molecule has 0 fully saturated rings. The van der Waals surface area contributed by atoms with Crippen molar-refractivity contribution in [3.63, 3.8) is 0 Å². The number of carbonyl (C=O) groups is 1. The Morgan fingerprint density at radius 2 is 1.72 bits per heavy atom. The number of amides is 1. The van der Waals surface area contributed by atoms with Gasteiger partial charge in [0, 0.05) is 15.7 Å². The predicted molar refractivity (Wildman–Crippen MR) is 106 cm³/mol. The molecule has 3 rings (SSSR count). The Balaban J connectivity index is 1.55. The number of thioether (sulfide) groups is 1. The first-order valence-electron chi connectivity index (χ1n) is 7.69. The van der Waals surface area contributed by atoms with Gasteiger partial charge in [0.15, 0.2) is 0 Å². The minimum atomic E-state index is -0.0725. The highest BCUT2D eigenvalue weighted by Crippen LogP contribution is 2.20. The molecule has 1 aromatic heterocycles. The average Bonchev–Trinajstić information content (AvgIpc) is 2.63. The summed E-state index contributed by atoms with van der Waals surface area (Å²) < 4.78 is 0.976. The molecule has 25 heavy (non-hydrogen) atoms. The van der Waals surface area contributed by atoms with Gasteiger partial charge in [0.1, 0.15) is 5.03 Å². The van der Waals surface area contributed by atoms with Crippen LogP contribution < -0.4 is 5.32 Å². The lowest BCUT2D eigenvalue weighted by Crippen LogP contribution is -2.14. The van der Waals surface area contributed by atoms with Crippen LogP contribution in [0.15, 0.2) is 70.2 Å². The zero-order chi connectivity index (χ0) is 17.6. The second kappa shape index (κ2) is 8.27. The van der Waals surface area contributed by atoms with Gasteiger partial charge in [-0.3, -0.25) is 4.79 Å². The first-order chi connectivity index (χ1) is 12.1. The maximum Gasteiger partial charge on any atom is 0.234 e. The van der Waals surface area contributed by atoms with Crippen LogP contribution in [0.1, 0.15) is 5.56 Å². The molecule has 0 spiro atoms. The first-order valence-corrected chi connectivity index (χ1v) is 9.47. The van der Waals surface area contributed by atoms with Crippen LogP contribution in [-0.2, 0) is 4.79 Å². The fourth-order valence-electron chi connectivity index (χ4n) is 2.15. The van der Waals surface area contributed by atoms with E-state index in [1.54, 1.807) is 0 Å². The Labute approximate surface area is 159 Å². The molecule has 0 radical (unpaired) electrons. The summed E-state index contributed by atoms with van der Waals surface area (Å²) in [5, 5.41) is 12.0. The number of rotatable bonds is 5. The van der Waals surface area contributed by atoms with Crippen molar-refractivity contribution in [2.45, 2.75) is 11.9 Å². The number of anilines is 1. The second-order valence-corrected chi connectivity index (χ2v) is 7.38. The van der Waals surface area contributed by atoms with Gasteiger partial charge in [0.25, 0.3) is 0 Å². The van der Waals surface area contributed by atoms with Crippen LogP contribution in [0.5, 0.6) is 0 Å². The lowest BCUT2D eigenvalue weighted by atomic mass is 10.1. The maximum atomic E-state index is 12.0. The van der Waals surface area contributed by atoms with E-state index in [4.69, 9.17) is 0 Å². The molecule has 2 aromatic carbocycles. The van der Waals surface area contributed by atoms with Gasteiger partial charge in [-0.1, -0.05) is 57.5 Å². The lowest BCUT2D eigenvalue weighted by molar-refractivity contribution is -0.113. The fourth-order valence-corrected chi connectivity index (χ4v) is 3.02. The van der Waals surface area contributed by atoms with E-state index < -0.39 is 0 Å². The van der Waals surface area contributed by atoms with E-state index in [9.17, 15) is 4.79 Å². The summed E-state index contributed by atoms with van der Waals surface area (Å²) in [6.07, 6.45) is 0. The van der Waals surface area contributed by atoms with Crippen LogP contribution in [0.2, 0.25) is 0 Å². The molecule has 126 valence electrons. The van der Waals surface area contributed by atoms with E-state index in [-0.39, 0.29) is 11.7 Å². The van der Waals surface area contributed by atoms with E-state index in [0.717, 1.165) is 26.4 Å². The Hall–Kier alpha value is -2.18. The fraction of sp³-hybridized carbons (Fsp3) is 0.105. The van der Waals surface area contributed by atoms with Crippen molar-refractivity contribution in [3.8, 4) is 11.3 Å². The van der Waals surface area contributed by atoms with Gasteiger partial charge in [-0.25, -0.2) is 0 Å². The van der Waals surface area contributed by atoms with Gasteiger partial charge >= 0.3 is 0 Å². The van der Waals surface area contributed by atoms with Crippen molar-refractivity contribution >= 4 is 39.3 Å². The van der Waals surface area contributed by atoms with Gasteiger partial charge in [-0.15, -0.1) is 10.2 Å². The summed E-state index contributed by atoms with van der Waals surface area (Å²) in [5.74, 6) is 0.214. The molecule has 0 unspecified atom stereocenters. The number of aryl methyl sites for hydroxylation is 1. The van der Waals surface area contributed by atoms with Crippen molar-refractivity contribution in [1.82, 2.24) is 10.2 Å². The summed E-state index contributed by atoms with van der Waals surface area (Å²) in [7, 11) is 0. The molecule has 6 heteroatoms. The van der Waals surface area contributed by atoms with Crippen molar-refractivity contribution in [2.24, 2.45) is 0 Å². The molecule has 0 atom stereocenters. The third-order valence-corrected chi connectivity index (χ3v) is 4.92. The lowest BCUT2D eigenvalue weighted by Gasteiger charge is -2.05. The van der Waals surface area contributed by atoms with Crippen molar-refractivity contribution in [1.29, 1.82) is 0 Å². The summed E-state index contributed by atoms with van der Waals surface area (Å²) in [6.45, 7) is 2.05. The highest BCUT2D eigenvalue weighted by Gasteiger charge is 2.06. The summed E-state index contributed by atoms with van der Waals surface area (Å²) >= 11 is 4.73. The molecular formula is C19H16BrN3OS. The average molecular weight is 414 g/mol. The summed E-state index contributed by atoms with van der Waals surface area (Å²) in [5.41, 5.74) is 3.83. The Bertz CT molecular complexity index is 849. The predicted octanol–water partition coefficient (Wildman–Crippen LogP) is 4.95. The number of hydrogen-bond acceptors (Lipinski definition) is 4. The molecule has 0 saturated heterocycles. The van der Waals surface area contributed by atoms with Crippen LogP contribution >= 0.6 is 27.7 Å². The third kappa shape index (κ3) is 5.14. The monoisotopic (exact) mass is 413 g/mol. The van der Waals surface area contributed by atoms with E-state index in [1.807, 2.05) is 60.7 Å². The minimum absolute atomic E-state index is 0.0725. The molecule has 1 N–H and O–H groups in total. The molecule has 0 aliphatic carbocycles. The van der Waals surface area contributed by atoms with E-state index in [0.29, 0.717) is 0 Å². The van der Waals surface area contributed by atoms with Crippen molar-refractivity contribution < 1.29 is 4.79 Å². The minimum Gasteiger partial charge on any atom is -0.325 e. The molecule has 0 aliphatic rings. The van der Waals surface area contributed by atoms with Crippen molar-refractivity contribution in [3.05, 3.63) is 70.7 Å². The van der Waals surface area contributed by atoms with E-state index in [2.05, 4.69) is 38.4 Å². The van der Waals surface area contributed by atoms with Crippen LogP contribution in [-0.4, -0.2) is 21.9 Å². The van der Waals surface area contributed by atoms with Crippen LogP contribution in [0.4, 0.5) is 5.69 Å². The molecular weight excluding hydrogens is 398 g/mol. The number of aromatic nitrogens is 2. The van der Waals surface area contributed by atoms with Crippen molar-refractivity contribution in [2.75, 3.05) is 11.1 Å². The molecule has 0 bridgehead atoms. The van der Waals surface area contributed by atoms with Gasteiger partial charge in [0.05, 0.1) is 11.4 Å². The van der Waals surface area contributed by atoms with Crippen LogP contribution in [0, 0.1) is 6.92 Å². The molecule has 4 nitrogen and oxygen atoms in total. The maximum absolute atomic E-state index is 12.0. The van der Waals surface area contributed by atoms with E-state index in [1.165, 1.54) is 17.3 Å². The molecule has 0 aliphatic heterocycles. The van der Waals surface area contributed by atoms with Gasteiger partial charge in [0.2, 0.25) is 5.91 Å². The second-order valence-electron chi connectivity index (χ2n) is 5.47. The Morgan fingerprint density at radius 1 is 1.00 bits per heavy atom. The van der Waals surface area contributed by atoms with Crippen LogP contribution in [0.3, 0.4) is 0 Å². The molecule has 3 aromatic rings. The number of benzene rings is 2. The smallest absolute Gasteiger partial charge is 0.234 e. The zero-order valence-corrected chi connectivity index (χ0v) is 16.0. The largest absolute Gasteiger partial charge is 0.325 e. The number of carbonyl (C=O) groups excluding carboxylic acids is 1. The summed E-state index contributed by atoms with van der Waals surface area (Å²) in [4.78, 5) is 12.0. The van der Waals surface area contributed by atoms with Gasteiger partial charge < -0.3 is 5.32 Å². The Kier molecular flexibility index (Phi) is 5.83. The van der Waals surface area contributed by atoms with E-state index >= 15 is 0 Å².